The normalized spacial score (nSPS) is 20.5. The molecule has 0 bridgehead atoms. The highest BCUT2D eigenvalue weighted by molar-refractivity contribution is 5.37. The summed E-state index contributed by atoms with van der Waals surface area (Å²) in [5.41, 5.74) is 4.29. The van der Waals surface area contributed by atoms with Crippen LogP contribution in [0.3, 0.4) is 0 Å². The second-order valence-electron chi connectivity index (χ2n) is 6.48. The summed E-state index contributed by atoms with van der Waals surface area (Å²) < 4.78 is 0. The van der Waals surface area contributed by atoms with E-state index in [9.17, 15) is 15.2 Å². The number of hydrogen-bond acceptors (Lipinski definition) is 4. The van der Waals surface area contributed by atoms with Gasteiger partial charge in [0.2, 0.25) is 0 Å². The van der Waals surface area contributed by atoms with Crippen molar-refractivity contribution >= 4 is 0 Å². The summed E-state index contributed by atoms with van der Waals surface area (Å²) in [5, 5.41) is 21.2. The molecular formula is C20H22N2O3. The first-order valence-electron chi connectivity index (χ1n) is 8.37. The highest BCUT2D eigenvalue weighted by Gasteiger charge is 2.42. The van der Waals surface area contributed by atoms with Crippen LogP contribution in [0.15, 0.2) is 60.3 Å². The van der Waals surface area contributed by atoms with E-state index in [1.54, 1.807) is 6.08 Å². The van der Waals surface area contributed by atoms with Crippen molar-refractivity contribution in [2.45, 2.75) is 25.9 Å². The average molecular weight is 338 g/mol. The molecule has 3 rings (SSSR count). The Morgan fingerprint density at radius 2 is 1.52 bits per heavy atom. The fourth-order valence-corrected chi connectivity index (χ4v) is 3.39. The maximum atomic E-state index is 11.7. The number of aliphatic hydroxyl groups excluding tert-OH is 1. The number of aryl methyl sites for hydroxylation is 2. The molecule has 2 atom stereocenters. The van der Waals surface area contributed by atoms with Gasteiger partial charge in [0.25, 0.3) is 5.70 Å². The molecule has 25 heavy (non-hydrogen) atoms. The maximum absolute atomic E-state index is 11.7. The van der Waals surface area contributed by atoms with E-state index in [4.69, 9.17) is 0 Å². The van der Waals surface area contributed by atoms with Crippen LogP contribution < -0.4 is 0 Å². The molecule has 1 N–H and O–H groups in total. The van der Waals surface area contributed by atoms with E-state index in [0.717, 1.165) is 22.3 Å². The van der Waals surface area contributed by atoms with Crippen molar-refractivity contribution in [3.05, 3.63) is 92.7 Å². The molecule has 2 aromatic carbocycles. The first-order chi connectivity index (χ1) is 12.0. The van der Waals surface area contributed by atoms with Crippen LogP contribution in [-0.2, 0) is 0 Å². The van der Waals surface area contributed by atoms with Gasteiger partial charge in [-0.3, -0.25) is 15.0 Å². The molecule has 1 aliphatic heterocycles. The van der Waals surface area contributed by atoms with E-state index >= 15 is 0 Å². The van der Waals surface area contributed by atoms with Crippen LogP contribution in [-0.4, -0.2) is 28.1 Å². The van der Waals surface area contributed by atoms with Crippen LogP contribution >= 0.6 is 0 Å². The Bertz CT molecular complexity index is 782. The van der Waals surface area contributed by atoms with Gasteiger partial charge in [0, 0.05) is 12.6 Å². The monoisotopic (exact) mass is 338 g/mol. The Morgan fingerprint density at radius 3 is 2.00 bits per heavy atom. The summed E-state index contributed by atoms with van der Waals surface area (Å²) in [4.78, 5) is 13.4. The van der Waals surface area contributed by atoms with Crippen molar-refractivity contribution in [3.8, 4) is 0 Å². The van der Waals surface area contributed by atoms with E-state index in [0.29, 0.717) is 6.54 Å². The number of β-amino-alcohol motifs (C(OH)–C–C–N with tert-alkyl or cyclic N) is 1. The third kappa shape index (κ3) is 3.48. The van der Waals surface area contributed by atoms with Gasteiger partial charge in [0.15, 0.2) is 0 Å². The van der Waals surface area contributed by atoms with Crippen molar-refractivity contribution in [1.82, 2.24) is 4.90 Å². The predicted octanol–water partition coefficient (Wildman–Crippen LogP) is 3.55. The molecule has 0 saturated carbocycles. The molecule has 1 heterocycles. The third-order valence-electron chi connectivity index (χ3n) is 4.68. The fraction of sp³-hybridized carbons (Fsp3) is 0.300. The number of benzene rings is 2. The van der Waals surface area contributed by atoms with Gasteiger partial charge < -0.3 is 5.11 Å². The van der Waals surface area contributed by atoms with E-state index in [1.165, 1.54) is 0 Å². The molecule has 5 nitrogen and oxygen atoms in total. The second-order valence-corrected chi connectivity index (χ2v) is 6.48. The van der Waals surface area contributed by atoms with Gasteiger partial charge in [0.05, 0.1) is 17.6 Å². The standard InChI is InChI=1S/C20H22N2O3/c1-14-3-7-16(8-4-14)18-13-19(22(24)25)20(21(18)11-12-23)17-9-5-15(2)6-10-17/h3-10,13,18,20,23H,11-12H2,1-2H3/t18-,20+/m0/s1. The second kappa shape index (κ2) is 7.17. The average Bonchev–Trinajstić information content (AvgIpc) is 2.96. The van der Waals surface area contributed by atoms with Gasteiger partial charge in [-0.25, -0.2) is 0 Å². The first-order valence-corrected chi connectivity index (χ1v) is 8.37. The van der Waals surface area contributed by atoms with Crippen molar-refractivity contribution in [2.75, 3.05) is 13.2 Å². The zero-order valence-corrected chi connectivity index (χ0v) is 14.4. The van der Waals surface area contributed by atoms with Crippen molar-refractivity contribution in [2.24, 2.45) is 0 Å². The van der Waals surface area contributed by atoms with E-state index < -0.39 is 6.04 Å². The van der Waals surface area contributed by atoms with Crippen molar-refractivity contribution in [1.29, 1.82) is 0 Å². The van der Waals surface area contributed by atoms with Gasteiger partial charge in [-0.15, -0.1) is 0 Å². The van der Waals surface area contributed by atoms with E-state index in [-0.39, 0.29) is 23.3 Å². The van der Waals surface area contributed by atoms with Crippen LogP contribution in [0.5, 0.6) is 0 Å². The number of hydrogen-bond donors (Lipinski definition) is 1. The molecule has 0 unspecified atom stereocenters. The molecule has 0 spiro atoms. The van der Waals surface area contributed by atoms with Crippen LogP contribution in [0.4, 0.5) is 0 Å². The highest BCUT2D eigenvalue weighted by Crippen LogP contribution is 2.43. The first kappa shape index (κ1) is 17.3. The lowest BCUT2D eigenvalue weighted by Crippen LogP contribution is -2.31. The molecule has 0 saturated heterocycles. The SMILES string of the molecule is Cc1ccc([C@@H]2C=C([N+](=O)[O-])[C@@H](c3ccc(C)cc3)N2CCO)cc1. The summed E-state index contributed by atoms with van der Waals surface area (Å²) in [6.07, 6.45) is 1.71. The lowest BCUT2D eigenvalue weighted by molar-refractivity contribution is -0.431. The summed E-state index contributed by atoms with van der Waals surface area (Å²) in [7, 11) is 0. The number of rotatable bonds is 5. The molecule has 0 fully saturated rings. The minimum Gasteiger partial charge on any atom is -0.395 e. The molecule has 5 heteroatoms. The van der Waals surface area contributed by atoms with Crippen LogP contribution in [0, 0.1) is 24.0 Å². The Balaban J connectivity index is 2.06. The van der Waals surface area contributed by atoms with E-state index in [2.05, 4.69) is 0 Å². The predicted molar refractivity (Wildman–Crippen MR) is 96.7 cm³/mol. The van der Waals surface area contributed by atoms with E-state index in [1.807, 2.05) is 67.3 Å². The van der Waals surface area contributed by atoms with Crippen LogP contribution in [0.2, 0.25) is 0 Å². The van der Waals surface area contributed by atoms with Gasteiger partial charge >= 0.3 is 0 Å². The molecule has 0 radical (unpaired) electrons. The fourth-order valence-electron chi connectivity index (χ4n) is 3.39. The maximum Gasteiger partial charge on any atom is 0.265 e. The van der Waals surface area contributed by atoms with Gasteiger partial charge in [0.1, 0.15) is 6.04 Å². The molecule has 0 amide bonds. The Labute approximate surface area is 147 Å². The summed E-state index contributed by atoms with van der Waals surface area (Å²) >= 11 is 0. The Kier molecular flexibility index (Phi) is 4.97. The van der Waals surface area contributed by atoms with Crippen LogP contribution in [0.1, 0.15) is 34.3 Å². The van der Waals surface area contributed by atoms with Crippen LogP contribution in [0.25, 0.3) is 0 Å². The molecule has 0 aliphatic carbocycles. The zero-order chi connectivity index (χ0) is 18.0. The molecular weight excluding hydrogens is 316 g/mol. The Hall–Kier alpha value is -2.50. The van der Waals surface area contributed by atoms with Crippen molar-refractivity contribution < 1.29 is 10.0 Å². The molecule has 0 aromatic heterocycles. The number of aliphatic hydroxyl groups is 1. The molecule has 130 valence electrons. The van der Waals surface area contributed by atoms with Gasteiger partial charge in [-0.05, 0) is 25.0 Å². The minimum absolute atomic E-state index is 0.0520. The lowest BCUT2D eigenvalue weighted by Gasteiger charge is -2.29. The van der Waals surface area contributed by atoms with Gasteiger partial charge in [-0.1, -0.05) is 59.7 Å². The molecule has 2 aromatic rings. The summed E-state index contributed by atoms with van der Waals surface area (Å²) in [5.74, 6) is 0. The molecule has 1 aliphatic rings. The largest absolute Gasteiger partial charge is 0.395 e. The third-order valence-corrected chi connectivity index (χ3v) is 4.68. The summed E-state index contributed by atoms with van der Waals surface area (Å²) in [6.45, 7) is 4.31. The topological polar surface area (TPSA) is 66.6 Å². The number of nitrogens with zero attached hydrogens (tertiary/aromatic N) is 2. The van der Waals surface area contributed by atoms with Crippen molar-refractivity contribution in [3.63, 3.8) is 0 Å². The lowest BCUT2D eigenvalue weighted by atomic mass is 10.0. The number of nitro groups is 1. The summed E-state index contributed by atoms with van der Waals surface area (Å²) in [6, 6.07) is 15.1. The Morgan fingerprint density at radius 1 is 1.00 bits per heavy atom. The quantitative estimate of drug-likeness (QED) is 0.669. The van der Waals surface area contributed by atoms with Gasteiger partial charge in [-0.2, -0.15) is 0 Å². The minimum atomic E-state index is -0.464. The zero-order valence-electron chi connectivity index (χ0n) is 14.4. The highest BCUT2D eigenvalue weighted by atomic mass is 16.6. The smallest absolute Gasteiger partial charge is 0.265 e.